The third kappa shape index (κ3) is 3.66. The van der Waals surface area contributed by atoms with Gasteiger partial charge in [0.2, 0.25) is 10.0 Å². The van der Waals surface area contributed by atoms with Crippen LogP contribution in [0.3, 0.4) is 0 Å². The maximum Gasteiger partial charge on any atom is 0.243 e. The fraction of sp³-hybridized carbons (Fsp3) is 0.545. The molecular weight excluding hydrogens is 254 g/mol. The highest BCUT2D eigenvalue weighted by Crippen LogP contribution is 2.16. The standard InChI is InChI=1S/C11H19N3O3S/c1-4-12-11-7-10(5-6-13-11)18(16,17)14(3)8-9(2)15/h5-7,9,15H,4,8H2,1-3H3,(H,12,13). The Morgan fingerprint density at radius 3 is 2.78 bits per heavy atom. The Hall–Kier alpha value is -1.18. The SMILES string of the molecule is CCNc1cc(S(=O)(=O)N(C)CC(C)O)ccn1. The molecule has 0 saturated heterocycles. The molecule has 0 fully saturated rings. The van der Waals surface area contributed by atoms with E-state index in [0.29, 0.717) is 12.4 Å². The monoisotopic (exact) mass is 273 g/mol. The number of rotatable bonds is 6. The molecule has 0 aromatic carbocycles. The molecule has 0 radical (unpaired) electrons. The molecule has 1 aromatic rings. The van der Waals surface area contributed by atoms with Gasteiger partial charge in [0, 0.05) is 32.4 Å². The zero-order valence-corrected chi connectivity index (χ0v) is 11.6. The van der Waals surface area contributed by atoms with Crippen LogP contribution in [-0.2, 0) is 10.0 Å². The predicted molar refractivity (Wildman–Crippen MR) is 69.9 cm³/mol. The van der Waals surface area contributed by atoms with E-state index in [1.54, 1.807) is 6.92 Å². The molecule has 1 heterocycles. The van der Waals surface area contributed by atoms with Crippen LogP contribution in [0.5, 0.6) is 0 Å². The molecule has 7 heteroatoms. The van der Waals surface area contributed by atoms with Crippen molar-refractivity contribution < 1.29 is 13.5 Å². The molecule has 0 saturated carbocycles. The molecule has 102 valence electrons. The van der Waals surface area contributed by atoms with E-state index in [2.05, 4.69) is 10.3 Å². The molecule has 18 heavy (non-hydrogen) atoms. The minimum Gasteiger partial charge on any atom is -0.392 e. The zero-order chi connectivity index (χ0) is 13.8. The van der Waals surface area contributed by atoms with E-state index in [4.69, 9.17) is 0 Å². The Bertz CT molecular complexity index is 488. The van der Waals surface area contributed by atoms with E-state index in [-0.39, 0.29) is 11.4 Å². The summed E-state index contributed by atoms with van der Waals surface area (Å²) >= 11 is 0. The Morgan fingerprint density at radius 1 is 1.56 bits per heavy atom. The van der Waals surface area contributed by atoms with Gasteiger partial charge >= 0.3 is 0 Å². The summed E-state index contributed by atoms with van der Waals surface area (Å²) in [7, 11) is -2.14. The molecule has 0 aliphatic heterocycles. The van der Waals surface area contributed by atoms with Crippen molar-refractivity contribution in [3.05, 3.63) is 18.3 Å². The molecule has 1 rings (SSSR count). The molecule has 0 bridgehead atoms. The number of nitrogens with one attached hydrogen (secondary N) is 1. The minimum atomic E-state index is -3.58. The predicted octanol–water partition coefficient (Wildman–Crippen LogP) is 0.515. The third-order valence-electron chi connectivity index (χ3n) is 2.32. The summed E-state index contributed by atoms with van der Waals surface area (Å²) in [6.45, 7) is 4.17. The number of aromatic nitrogens is 1. The van der Waals surface area contributed by atoms with Crippen LogP contribution >= 0.6 is 0 Å². The Labute approximate surface area is 108 Å². The number of nitrogens with zero attached hydrogens (tertiary/aromatic N) is 2. The number of anilines is 1. The van der Waals surface area contributed by atoms with Crippen molar-refractivity contribution in [1.82, 2.24) is 9.29 Å². The first-order valence-corrected chi connectivity index (χ1v) is 7.16. The first-order valence-electron chi connectivity index (χ1n) is 5.72. The van der Waals surface area contributed by atoms with Gasteiger partial charge in [-0.05, 0) is 19.9 Å². The highest BCUT2D eigenvalue weighted by atomic mass is 32.2. The van der Waals surface area contributed by atoms with Gasteiger partial charge in [-0.1, -0.05) is 0 Å². The Balaban J connectivity index is 3.00. The highest BCUT2D eigenvalue weighted by molar-refractivity contribution is 7.89. The largest absolute Gasteiger partial charge is 0.392 e. The number of hydrogen-bond donors (Lipinski definition) is 2. The molecule has 0 aliphatic carbocycles. The van der Waals surface area contributed by atoms with Crippen molar-refractivity contribution in [3.8, 4) is 0 Å². The third-order valence-corrected chi connectivity index (χ3v) is 4.14. The van der Waals surface area contributed by atoms with Gasteiger partial charge in [0.1, 0.15) is 5.82 Å². The molecular formula is C11H19N3O3S. The number of aliphatic hydroxyl groups excluding tert-OH is 1. The van der Waals surface area contributed by atoms with Crippen LogP contribution in [0.15, 0.2) is 23.2 Å². The summed E-state index contributed by atoms with van der Waals surface area (Å²) in [5.41, 5.74) is 0. The number of hydrogen-bond acceptors (Lipinski definition) is 5. The van der Waals surface area contributed by atoms with Gasteiger partial charge < -0.3 is 10.4 Å². The maximum atomic E-state index is 12.2. The second-order valence-electron chi connectivity index (χ2n) is 4.04. The maximum absolute atomic E-state index is 12.2. The van der Waals surface area contributed by atoms with Gasteiger partial charge in [0.05, 0.1) is 11.0 Å². The second-order valence-corrected chi connectivity index (χ2v) is 6.09. The lowest BCUT2D eigenvalue weighted by Crippen LogP contribution is -2.33. The first kappa shape index (κ1) is 14.9. The zero-order valence-electron chi connectivity index (χ0n) is 10.8. The Morgan fingerprint density at radius 2 is 2.22 bits per heavy atom. The van der Waals surface area contributed by atoms with Crippen molar-refractivity contribution in [3.63, 3.8) is 0 Å². The topological polar surface area (TPSA) is 82.5 Å². The first-order chi connectivity index (χ1) is 8.37. The van der Waals surface area contributed by atoms with Crippen molar-refractivity contribution in [2.24, 2.45) is 0 Å². The molecule has 0 spiro atoms. The van der Waals surface area contributed by atoms with Crippen molar-refractivity contribution in [2.45, 2.75) is 24.8 Å². The van der Waals surface area contributed by atoms with E-state index < -0.39 is 16.1 Å². The van der Waals surface area contributed by atoms with Gasteiger partial charge in [-0.2, -0.15) is 4.31 Å². The lowest BCUT2D eigenvalue weighted by Gasteiger charge is -2.18. The molecule has 6 nitrogen and oxygen atoms in total. The van der Waals surface area contributed by atoms with E-state index in [1.165, 1.54) is 25.4 Å². The number of sulfonamides is 1. The van der Waals surface area contributed by atoms with E-state index in [1.807, 2.05) is 6.92 Å². The lowest BCUT2D eigenvalue weighted by molar-refractivity contribution is 0.171. The molecule has 1 aromatic heterocycles. The molecule has 1 atom stereocenters. The summed E-state index contributed by atoms with van der Waals surface area (Å²) in [6.07, 6.45) is 0.737. The second kappa shape index (κ2) is 6.12. The van der Waals surface area contributed by atoms with Crippen LogP contribution in [0.1, 0.15) is 13.8 Å². The van der Waals surface area contributed by atoms with Gasteiger partial charge in [0.15, 0.2) is 0 Å². The van der Waals surface area contributed by atoms with Crippen molar-refractivity contribution in [2.75, 3.05) is 25.5 Å². The van der Waals surface area contributed by atoms with Crippen LogP contribution in [0, 0.1) is 0 Å². The number of likely N-dealkylation sites (N-methyl/N-ethyl adjacent to an activating group) is 1. The van der Waals surface area contributed by atoms with E-state index >= 15 is 0 Å². The van der Waals surface area contributed by atoms with Crippen LogP contribution < -0.4 is 5.32 Å². The van der Waals surface area contributed by atoms with Gasteiger partial charge in [-0.25, -0.2) is 13.4 Å². The fourth-order valence-corrected chi connectivity index (χ4v) is 2.76. The van der Waals surface area contributed by atoms with Crippen LogP contribution in [0.25, 0.3) is 0 Å². The quantitative estimate of drug-likeness (QED) is 0.789. The smallest absolute Gasteiger partial charge is 0.243 e. The number of aliphatic hydroxyl groups is 1. The Kier molecular flexibility index (Phi) is 5.06. The van der Waals surface area contributed by atoms with Crippen LogP contribution in [0.2, 0.25) is 0 Å². The normalized spacial score (nSPS) is 13.6. The van der Waals surface area contributed by atoms with Gasteiger partial charge in [-0.3, -0.25) is 0 Å². The summed E-state index contributed by atoms with van der Waals surface area (Å²) in [5, 5.41) is 12.2. The minimum absolute atomic E-state index is 0.0567. The summed E-state index contributed by atoms with van der Waals surface area (Å²) in [4.78, 5) is 4.18. The summed E-state index contributed by atoms with van der Waals surface area (Å²) < 4.78 is 25.5. The molecule has 0 aliphatic rings. The summed E-state index contributed by atoms with van der Waals surface area (Å²) in [5.74, 6) is 0.518. The van der Waals surface area contributed by atoms with Crippen LogP contribution in [0.4, 0.5) is 5.82 Å². The van der Waals surface area contributed by atoms with E-state index in [9.17, 15) is 13.5 Å². The highest BCUT2D eigenvalue weighted by Gasteiger charge is 2.22. The average Bonchev–Trinajstić information content (AvgIpc) is 2.29. The van der Waals surface area contributed by atoms with Gasteiger partial charge in [0.25, 0.3) is 0 Å². The van der Waals surface area contributed by atoms with Crippen molar-refractivity contribution in [1.29, 1.82) is 0 Å². The number of pyridine rings is 1. The van der Waals surface area contributed by atoms with Crippen molar-refractivity contribution >= 4 is 15.8 Å². The average molecular weight is 273 g/mol. The fourth-order valence-electron chi connectivity index (χ4n) is 1.50. The molecule has 0 amide bonds. The summed E-state index contributed by atoms with van der Waals surface area (Å²) in [6, 6.07) is 2.92. The molecule has 2 N–H and O–H groups in total. The van der Waals surface area contributed by atoms with E-state index in [0.717, 1.165) is 4.31 Å². The lowest BCUT2D eigenvalue weighted by atomic mass is 10.4. The molecule has 1 unspecified atom stereocenters. The van der Waals surface area contributed by atoms with Crippen LogP contribution in [-0.4, -0.2) is 49.1 Å². The van der Waals surface area contributed by atoms with Gasteiger partial charge in [-0.15, -0.1) is 0 Å².